The third-order valence-electron chi connectivity index (χ3n) is 2.29. The Balaban J connectivity index is 3.12. The zero-order chi connectivity index (χ0) is 13.7. The van der Waals surface area contributed by atoms with E-state index < -0.39 is 16.9 Å². The highest BCUT2D eigenvalue weighted by Gasteiger charge is 2.22. The Hall–Kier alpha value is -2.15. The van der Waals surface area contributed by atoms with Crippen molar-refractivity contribution in [3.05, 3.63) is 33.9 Å². The largest absolute Gasteiger partial charge is 0.490 e. The highest BCUT2D eigenvalue weighted by atomic mass is 16.6. The van der Waals surface area contributed by atoms with Gasteiger partial charge in [-0.2, -0.15) is 0 Å². The number of hydrogen-bond acceptors (Lipinski definition) is 5. The molecule has 0 heterocycles. The van der Waals surface area contributed by atoms with Gasteiger partial charge in [-0.25, -0.2) is 0 Å². The molecule has 1 amide bonds. The molecule has 1 atom stereocenters. The van der Waals surface area contributed by atoms with Crippen LogP contribution in [0.4, 0.5) is 5.69 Å². The molecule has 0 radical (unpaired) electrons. The number of nitrogens with zero attached hydrogens (tertiary/aromatic N) is 1. The lowest BCUT2D eigenvalue weighted by molar-refractivity contribution is -0.385. The van der Waals surface area contributed by atoms with Gasteiger partial charge in [-0.1, -0.05) is 6.07 Å². The number of aliphatic hydroxyl groups is 1. The van der Waals surface area contributed by atoms with Crippen LogP contribution in [-0.4, -0.2) is 35.7 Å². The van der Waals surface area contributed by atoms with E-state index in [1.165, 1.54) is 25.3 Å². The molecule has 18 heavy (non-hydrogen) atoms. The molecule has 0 aliphatic rings. The Morgan fingerprint density at radius 2 is 2.28 bits per heavy atom. The van der Waals surface area contributed by atoms with E-state index in [9.17, 15) is 14.9 Å². The SMILES string of the molecule is COc1c(C(=O)NC(C)CO)cccc1[N+](=O)[O-]. The quantitative estimate of drug-likeness (QED) is 0.595. The minimum absolute atomic E-state index is 0.0620. The summed E-state index contributed by atoms with van der Waals surface area (Å²) in [6, 6.07) is 3.64. The number of carbonyl (C=O) groups excluding carboxylic acids is 1. The van der Waals surface area contributed by atoms with Gasteiger partial charge in [0.1, 0.15) is 0 Å². The Kier molecular flexibility index (Phi) is 4.61. The molecule has 1 aromatic rings. The third-order valence-corrected chi connectivity index (χ3v) is 2.29. The number of nitro groups is 1. The molecule has 7 nitrogen and oxygen atoms in total. The van der Waals surface area contributed by atoms with E-state index in [1.807, 2.05) is 0 Å². The molecule has 2 N–H and O–H groups in total. The summed E-state index contributed by atoms with van der Waals surface area (Å²) in [6.07, 6.45) is 0. The average Bonchev–Trinajstić information content (AvgIpc) is 2.37. The van der Waals surface area contributed by atoms with Gasteiger partial charge in [-0.3, -0.25) is 14.9 Å². The Bertz CT molecular complexity index is 461. The first-order valence-electron chi connectivity index (χ1n) is 5.24. The molecule has 0 saturated heterocycles. The number of nitrogens with one attached hydrogen (secondary N) is 1. The molecule has 0 bridgehead atoms. The fraction of sp³-hybridized carbons (Fsp3) is 0.364. The van der Waals surface area contributed by atoms with E-state index in [-0.39, 0.29) is 23.6 Å². The highest BCUT2D eigenvalue weighted by Crippen LogP contribution is 2.30. The first-order valence-corrected chi connectivity index (χ1v) is 5.24. The number of para-hydroxylation sites is 1. The number of nitro benzene ring substituents is 1. The molecule has 0 spiro atoms. The van der Waals surface area contributed by atoms with Crippen molar-refractivity contribution in [1.29, 1.82) is 0 Å². The van der Waals surface area contributed by atoms with Crippen LogP contribution in [0, 0.1) is 10.1 Å². The second-order valence-electron chi connectivity index (χ2n) is 3.67. The number of aliphatic hydroxyl groups excluding tert-OH is 1. The molecule has 7 heteroatoms. The lowest BCUT2D eigenvalue weighted by Gasteiger charge is -2.12. The van der Waals surface area contributed by atoms with Gasteiger partial charge in [0.15, 0.2) is 0 Å². The number of amides is 1. The maximum atomic E-state index is 11.8. The average molecular weight is 254 g/mol. The van der Waals surface area contributed by atoms with Crippen molar-refractivity contribution in [1.82, 2.24) is 5.32 Å². The van der Waals surface area contributed by atoms with Crippen molar-refractivity contribution in [3.8, 4) is 5.75 Å². The Morgan fingerprint density at radius 1 is 1.61 bits per heavy atom. The fourth-order valence-corrected chi connectivity index (χ4v) is 1.41. The van der Waals surface area contributed by atoms with E-state index in [0.29, 0.717) is 0 Å². The molecular formula is C11H14N2O5. The summed E-state index contributed by atoms with van der Waals surface area (Å²) in [4.78, 5) is 22.0. The molecule has 0 saturated carbocycles. The highest BCUT2D eigenvalue weighted by molar-refractivity contribution is 5.98. The summed E-state index contributed by atoms with van der Waals surface area (Å²) in [5.41, 5.74) is -0.214. The Labute approximate surface area is 104 Å². The van der Waals surface area contributed by atoms with Crippen LogP contribution in [0.3, 0.4) is 0 Å². The van der Waals surface area contributed by atoms with Crippen LogP contribution >= 0.6 is 0 Å². The smallest absolute Gasteiger partial charge is 0.311 e. The van der Waals surface area contributed by atoms with Crippen molar-refractivity contribution in [2.24, 2.45) is 0 Å². The fourth-order valence-electron chi connectivity index (χ4n) is 1.41. The lowest BCUT2D eigenvalue weighted by atomic mass is 10.1. The molecule has 0 aromatic heterocycles. The van der Waals surface area contributed by atoms with Gasteiger partial charge in [0.05, 0.1) is 24.2 Å². The lowest BCUT2D eigenvalue weighted by Crippen LogP contribution is -2.35. The topological polar surface area (TPSA) is 102 Å². The minimum Gasteiger partial charge on any atom is -0.490 e. The van der Waals surface area contributed by atoms with E-state index in [4.69, 9.17) is 9.84 Å². The predicted molar refractivity (Wildman–Crippen MR) is 63.7 cm³/mol. The maximum Gasteiger partial charge on any atom is 0.311 e. The van der Waals surface area contributed by atoms with Crippen LogP contribution in [0.2, 0.25) is 0 Å². The van der Waals surface area contributed by atoms with Gasteiger partial charge >= 0.3 is 5.69 Å². The second kappa shape index (κ2) is 5.97. The van der Waals surface area contributed by atoms with Gasteiger partial charge in [0, 0.05) is 12.1 Å². The summed E-state index contributed by atoms with van der Waals surface area (Å²) in [5.74, 6) is -0.623. The van der Waals surface area contributed by atoms with Crippen LogP contribution < -0.4 is 10.1 Å². The molecule has 0 fully saturated rings. The summed E-state index contributed by atoms with van der Waals surface area (Å²) >= 11 is 0. The van der Waals surface area contributed by atoms with Gasteiger partial charge in [-0.15, -0.1) is 0 Å². The molecule has 1 aromatic carbocycles. The van der Waals surface area contributed by atoms with Crippen LogP contribution in [0.1, 0.15) is 17.3 Å². The van der Waals surface area contributed by atoms with Crippen molar-refractivity contribution in [2.45, 2.75) is 13.0 Å². The number of carbonyl (C=O) groups is 1. The van der Waals surface area contributed by atoms with E-state index >= 15 is 0 Å². The monoisotopic (exact) mass is 254 g/mol. The van der Waals surface area contributed by atoms with Crippen molar-refractivity contribution in [3.63, 3.8) is 0 Å². The van der Waals surface area contributed by atoms with Crippen LogP contribution in [0.15, 0.2) is 18.2 Å². The number of methoxy groups -OCH3 is 1. The second-order valence-corrected chi connectivity index (χ2v) is 3.67. The maximum absolute atomic E-state index is 11.8. The van der Waals surface area contributed by atoms with Gasteiger partial charge in [-0.05, 0) is 13.0 Å². The molecule has 1 unspecified atom stereocenters. The first-order chi connectivity index (χ1) is 8.51. The van der Waals surface area contributed by atoms with Crippen molar-refractivity contribution >= 4 is 11.6 Å². The third kappa shape index (κ3) is 2.95. The Morgan fingerprint density at radius 3 is 2.78 bits per heavy atom. The standard InChI is InChI=1S/C11H14N2O5/c1-7(6-14)12-11(15)8-4-3-5-9(13(16)17)10(8)18-2/h3-5,7,14H,6H2,1-2H3,(H,12,15). The predicted octanol–water partition coefficient (Wildman–Crippen LogP) is 0.714. The van der Waals surface area contributed by atoms with Gasteiger partial charge in [0.25, 0.3) is 5.91 Å². The molecular weight excluding hydrogens is 240 g/mol. The van der Waals surface area contributed by atoms with Gasteiger partial charge < -0.3 is 15.2 Å². The zero-order valence-corrected chi connectivity index (χ0v) is 10.0. The molecule has 0 aliphatic heterocycles. The number of benzene rings is 1. The number of ether oxygens (including phenoxy) is 1. The number of hydrogen-bond donors (Lipinski definition) is 2. The summed E-state index contributed by atoms with van der Waals surface area (Å²) in [6.45, 7) is 1.39. The number of rotatable bonds is 5. The van der Waals surface area contributed by atoms with Crippen LogP contribution in [0.5, 0.6) is 5.75 Å². The molecule has 0 aliphatic carbocycles. The first kappa shape index (κ1) is 13.9. The summed E-state index contributed by atoms with van der Waals surface area (Å²) in [5, 5.41) is 22.1. The zero-order valence-electron chi connectivity index (χ0n) is 10.0. The normalized spacial score (nSPS) is 11.7. The van der Waals surface area contributed by atoms with E-state index in [0.717, 1.165) is 0 Å². The van der Waals surface area contributed by atoms with E-state index in [2.05, 4.69) is 5.32 Å². The minimum atomic E-state index is -0.620. The van der Waals surface area contributed by atoms with Crippen molar-refractivity contribution in [2.75, 3.05) is 13.7 Å². The van der Waals surface area contributed by atoms with E-state index in [1.54, 1.807) is 6.92 Å². The summed E-state index contributed by atoms with van der Waals surface area (Å²) in [7, 11) is 1.26. The van der Waals surface area contributed by atoms with Crippen LogP contribution in [-0.2, 0) is 0 Å². The van der Waals surface area contributed by atoms with Gasteiger partial charge in [0.2, 0.25) is 5.75 Å². The van der Waals surface area contributed by atoms with Crippen LogP contribution in [0.25, 0.3) is 0 Å². The summed E-state index contributed by atoms with van der Waals surface area (Å²) < 4.78 is 4.91. The molecule has 1 rings (SSSR count). The molecule has 98 valence electrons. The van der Waals surface area contributed by atoms with Crippen molar-refractivity contribution < 1.29 is 19.6 Å².